The lowest BCUT2D eigenvalue weighted by Crippen LogP contribution is -2.21. The van der Waals surface area contributed by atoms with Crippen LogP contribution in [0.3, 0.4) is 0 Å². The summed E-state index contributed by atoms with van der Waals surface area (Å²) in [5.41, 5.74) is 0.836. The second kappa shape index (κ2) is 4.70. The van der Waals surface area contributed by atoms with Crippen molar-refractivity contribution in [2.24, 2.45) is 0 Å². The summed E-state index contributed by atoms with van der Waals surface area (Å²) in [5.74, 6) is 0. The van der Waals surface area contributed by atoms with Crippen LogP contribution in [0.1, 0.15) is 0 Å². The summed E-state index contributed by atoms with van der Waals surface area (Å²) < 4.78 is 0. The van der Waals surface area contributed by atoms with Crippen LogP contribution in [0.15, 0.2) is 18.2 Å². The van der Waals surface area contributed by atoms with Crippen molar-refractivity contribution in [3.05, 3.63) is 28.2 Å². The van der Waals surface area contributed by atoms with Crippen molar-refractivity contribution < 1.29 is 5.11 Å². The third-order valence-electron chi connectivity index (χ3n) is 1.75. The van der Waals surface area contributed by atoms with Crippen LogP contribution in [0.4, 0.5) is 5.69 Å². The maximum Gasteiger partial charge on any atom is 0.0640 e. The molecule has 0 spiro atoms. The van der Waals surface area contributed by atoms with Crippen molar-refractivity contribution in [2.75, 3.05) is 25.1 Å². The van der Waals surface area contributed by atoms with Crippen molar-refractivity contribution in [1.29, 1.82) is 0 Å². The molecule has 4 heteroatoms. The number of halogens is 2. The van der Waals surface area contributed by atoms with Gasteiger partial charge < -0.3 is 10.0 Å². The minimum atomic E-state index is 0.0966. The molecule has 0 aliphatic carbocycles. The molecular formula is C9H11Cl2NO. The van der Waals surface area contributed by atoms with E-state index in [-0.39, 0.29) is 6.61 Å². The number of hydrogen-bond acceptors (Lipinski definition) is 2. The lowest BCUT2D eigenvalue weighted by Gasteiger charge is -2.19. The molecule has 0 aliphatic heterocycles. The van der Waals surface area contributed by atoms with Gasteiger partial charge in [0.2, 0.25) is 0 Å². The van der Waals surface area contributed by atoms with Crippen LogP contribution in [-0.2, 0) is 0 Å². The van der Waals surface area contributed by atoms with Gasteiger partial charge in [-0.3, -0.25) is 0 Å². The fourth-order valence-corrected chi connectivity index (χ4v) is 1.48. The summed E-state index contributed by atoms with van der Waals surface area (Å²) in [6.45, 7) is 0.638. The average molecular weight is 220 g/mol. The van der Waals surface area contributed by atoms with Gasteiger partial charge in [0, 0.05) is 18.6 Å². The molecule has 0 aromatic heterocycles. The largest absolute Gasteiger partial charge is 0.395 e. The second-order valence-corrected chi connectivity index (χ2v) is 3.58. The molecule has 0 heterocycles. The van der Waals surface area contributed by atoms with Crippen molar-refractivity contribution in [1.82, 2.24) is 0 Å². The smallest absolute Gasteiger partial charge is 0.0640 e. The molecule has 0 radical (unpaired) electrons. The highest BCUT2D eigenvalue weighted by Crippen LogP contribution is 2.27. The molecule has 1 N–H and O–H groups in total. The van der Waals surface area contributed by atoms with Crippen molar-refractivity contribution in [2.45, 2.75) is 0 Å². The van der Waals surface area contributed by atoms with E-state index in [9.17, 15) is 0 Å². The molecular weight excluding hydrogens is 209 g/mol. The molecule has 0 saturated heterocycles. The fourth-order valence-electron chi connectivity index (χ4n) is 1.05. The van der Waals surface area contributed by atoms with E-state index < -0.39 is 0 Å². The summed E-state index contributed by atoms with van der Waals surface area (Å²) in [5, 5.41) is 10.0. The number of aliphatic hydroxyl groups excluding tert-OH is 1. The van der Waals surface area contributed by atoms with Gasteiger partial charge in [-0.1, -0.05) is 23.2 Å². The third-order valence-corrected chi connectivity index (χ3v) is 2.31. The normalized spacial score (nSPS) is 10.2. The van der Waals surface area contributed by atoms with Gasteiger partial charge in [-0.05, 0) is 18.2 Å². The highest BCUT2D eigenvalue weighted by atomic mass is 35.5. The second-order valence-electron chi connectivity index (χ2n) is 2.74. The molecule has 72 valence electrons. The highest BCUT2D eigenvalue weighted by molar-refractivity contribution is 6.35. The molecule has 0 amide bonds. The van der Waals surface area contributed by atoms with Gasteiger partial charge in [-0.2, -0.15) is 0 Å². The quantitative estimate of drug-likeness (QED) is 0.845. The minimum absolute atomic E-state index is 0.0966. The Labute approximate surface area is 87.7 Å². The van der Waals surface area contributed by atoms with E-state index in [2.05, 4.69) is 0 Å². The predicted octanol–water partition coefficient (Wildman–Crippen LogP) is 2.42. The van der Waals surface area contributed by atoms with Crippen LogP contribution < -0.4 is 4.90 Å². The molecule has 1 aromatic carbocycles. The maximum atomic E-state index is 8.74. The highest BCUT2D eigenvalue weighted by Gasteiger charge is 2.05. The van der Waals surface area contributed by atoms with E-state index in [0.717, 1.165) is 5.69 Å². The van der Waals surface area contributed by atoms with Crippen molar-refractivity contribution >= 4 is 28.9 Å². The maximum absolute atomic E-state index is 8.74. The first-order valence-corrected chi connectivity index (χ1v) is 4.68. The lowest BCUT2D eigenvalue weighted by molar-refractivity contribution is 0.304. The number of rotatable bonds is 3. The zero-order valence-corrected chi connectivity index (χ0v) is 8.81. The first-order valence-electron chi connectivity index (χ1n) is 3.92. The van der Waals surface area contributed by atoms with Gasteiger partial charge in [0.1, 0.15) is 0 Å². The van der Waals surface area contributed by atoms with E-state index in [1.807, 2.05) is 11.9 Å². The van der Waals surface area contributed by atoms with E-state index in [4.69, 9.17) is 28.3 Å². The first kappa shape index (κ1) is 10.6. The van der Waals surface area contributed by atoms with Gasteiger partial charge in [0.05, 0.1) is 17.3 Å². The molecule has 0 fully saturated rings. The minimum Gasteiger partial charge on any atom is -0.395 e. The number of likely N-dealkylation sites (N-methyl/N-ethyl adjacent to an activating group) is 1. The van der Waals surface area contributed by atoms with E-state index >= 15 is 0 Å². The summed E-state index contributed by atoms with van der Waals surface area (Å²) in [4.78, 5) is 1.86. The zero-order chi connectivity index (χ0) is 9.84. The van der Waals surface area contributed by atoms with Gasteiger partial charge in [-0.15, -0.1) is 0 Å². The molecule has 0 bridgehead atoms. The van der Waals surface area contributed by atoms with E-state index in [1.54, 1.807) is 18.2 Å². The van der Waals surface area contributed by atoms with Gasteiger partial charge >= 0.3 is 0 Å². The van der Waals surface area contributed by atoms with E-state index in [0.29, 0.717) is 16.6 Å². The molecule has 1 rings (SSSR count). The number of hydrogen-bond donors (Lipinski definition) is 1. The number of aliphatic hydroxyl groups is 1. The van der Waals surface area contributed by atoms with Crippen LogP contribution in [0.25, 0.3) is 0 Å². The third kappa shape index (κ3) is 2.76. The zero-order valence-electron chi connectivity index (χ0n) is 7.30. The molecule has 0 atom stereocenters. The van der Waals surface area contributed by atoms with E-state index in [1.165, 1.54) is 0 Å². The van der Waals surface area contributed by atoms with Gasteiger partial charge in [-0.25, -0.2) is 0 Å². The van der Waals surface area contributed by atoms with Crippen molar-refractivity contribution in [3.8, 4) is 0 Å². The Bertz CT molecular complexity index is 291. The van der Waals surface area contributed by atoms with Crippen LogP contribution in [0.2, 0.25) is 10.0 Å². The molecule has 2 nitrogen and oxygen atoms in total. The molecule has 0 aliphatic rings. The number of nitrogens with zero attached hydrogens (tertiary/aromatic N) is 1. The average Bonchev–Trinajstić information content (AvgIpc) is 2.09. The Hall–Kier alpha value is -0.440. The van der Waals surface area contributed by atoms with Crippen LogP contribution in [-0.4, -0.2) is 25.3 Å². The van der Waals surface area contributed by atoms with Crippen LogP contribution in [0, 0.1) is 0 Å². The Balaban J connectivity index is 2.91. The molecule has 0 saturated carbocycles. The first-order chi connectivity index (χ1) is 6.15. The number of benzene rings is 1. The van der Waals surface area contributed by atoms with Crippen molar-refractivity contribution in [3.63, 3.8) is 0 Å². The Morgan fingerprint density at radius 2 is 2.08 bits per heavy atom. The lowest BCUT2D eigenvalue weighted by atomic mass is 10.3. The Morgan fingerprint density at radius 3 is 2.69 bits per heavy atom. The molecule has 1 aromatic rings. The molecule has 0 unspecified atom stereocenters. The monoisotopic (exact) mass is 219 g/mol. The SMILES string of the molecule is CN(CCO)c1cc(Cl)ccc1Cl. The van der Waals surface area contributed by atoms with Gasteiger partial charge in [0.15, 0.2) is 0 Å². The van der Waals surface area contributed by atoms with Gasteiger partial charge in [0.25, 0.3) is 0 Å². The summed E-state index contributed by atoms with van der Waals surface area (Å²) >= 11 is 11.8. The summed E-state index contributed by atoms with van der Waals surface area (Å²) in [7, 11) is 1.85. The Kier molecular flexibility index (Phi) is 3.85. The Morgan fingerprint density at radius 1 is 1.38 bits per heavy atom. The van der Waals surface area contributed by atoms with Crippen LogP contribution in [0.5, 0.6) is 0 Å². The summed E-state index contributed by atoms with van der Waals surface area (Å²) in [6.07, 6.45) is 0. The van der Waals surface area contributed by atoms with Crippen LogP contribution >= 0.6 is 23.2 Å². The topological polar surface area (TPSA) is 23.5 Å². The predicted molar refractivity (Wildman–Crippen MR) is 56.8 cm³/mol. The number of anilines is 1. The molecule has 13 heavy (non-hydrogen) atoms. The summed E-state index contributed by atoms with van der Waals surface area (Å²) in [6, 6.07) is 5.26. The standard InChI is InChI=1S/C9H11Cl2NO/c1-12(4-5-13)9-6-7(10)2-3-8(9)11/h2-3,6,13H,4-5H2,1H3. The fraction of sp³-hybridized carbons (Fsp3) is 0.333.